The lowest BCUT2D eigenvalue weighted by molar-refractivity contribution is -0.129. The Labute approximate surface area is 154 Å². The molecule has 140 valence electrons. The number of benzene rings is 1. The first-order valence-electron chi connectivity index (χ1n) is 8.25. The molecular weight excluding hydrogens is 364 g/mol. The van der Waals surface area contributed by atoms with E-state index < -0.39 is 16.1 Å². The first kappa shape index (κ1) is 19.8. The van der Waals surface area contributed by atoms with Crippen LogP contribution in [-0.2, 0) is 14.8 Å². The van der Waals surface area contributed by atoms with Crippen molar-refractivity contribution in [1.29, 1.82) is 0 Å². The summed E-state index contributed by atoms with van der Waals surface area (Å²) >= 11 is 5.97. The number of anilines is 1. The van der Waals surface area contributed by atoms with Gasteiger partial charge in [0, 0.05) is 11.1 Å². The summed E-state index contributed by atoms with van der Waals surface area (Å²) < 4.78 is 31.3. The average molecular weight is 389 g/mol. The topological polar surface area (TPSA) is 75.7 Å². The number of amides is 1. The lowest BCUT2D eigenvalue weighted by Gasteiger charge is -2.35. The Balaban J connectivity index is 2.30. The van der Waals surface area contributed by atoms with Crippen LogP contribution < -0.4 is 14.4 Å². The zero-order valence-electron chi connectivity index (χ0n) is 15.1. The second-order valence-corrected chi connectivity index (χ2v) is 9.38. The van der Waals surface area contributed by atoms with Crippen LogP contribution in [0.25, 0.3) is 0 Å². The number of sulfonamides is 1. The van der Waals surface area contributed by atoms with E-state index in [9.17, 15) is 13.2 Å². The van der Waals surface area contributed by atoms with Gasteiger partial charge in [-0.2, -0.15) is 0 Å². The molecule has 1 heterocycles. The average Bonchev–Trinajstić information content (AvgIpc) is 2.49. The summed E-state index contributed by atoms with van der Waals surface area (Å²) in [5, 5.41) is 3.39. The van der Waals surface area contributed by atoms with Crippen LogP contribution in [0.4, 0.5) is 5.69 Å². The largest absolute Gasteiger partial charge is 0.476 e. The van der Waals surface area contributed by atoms with Crippen molar-refractivity contribution in [3.63, 3.8) is 0 Å². The van der Waals surface area contributed by atoms with Crippen molar-refractivity contribution in [3.8, 4) is 5.75 Å². The highest BCUT2D eigenvalue weighted by atomic mass is 35.5. The maximum Gasteiger partial charge on any atom is 0.263 e. The first-order chi connectivity index (χ1) is 11.5. The standard InChI is InChI=1S/C17H25ClN2O4S/c1-10(2)16(11(3)4)19-17(21)15-9-20(25(5,22)23)13-8-12(18)6-7-14(13)24-15/h6-8,10-11,15-16H,9H2,1-5H3,(H,19,21). The van der Waals surface area contributed by atoms with Crippen LogP contribution in [0.2, 0.25) is 5.02 Å². The van der Waals surface area contributed by atoms with Crippen LogP contribution >= 0.6 is 11.6 Å². The molecule has 1 amide bonds. The van der Waals surface area contributed by atoms with Crippen molar-refractivity contribution in [2.45, 2.75) is 39.8 Å². The molecule has 1 aliphatic heterocycles. The van der Waals surface area contributed by atoms with E-state index in [-0.39, 0.29) is 30.3 Å². The highest BCUT2D eigenvalue weighted by Crippen LogP contribution is 2.37. The number of hydrogen-bond acceptors (Lipinski definition) is 4. The van der Waals surface area contributed by atoms with E-state index in [1.165, 1.54) is 10.4 Å². The quantitative estimate of drug-likeness (QED) is 0.841. The molecule has 0 saturated heterocycles. The van der Waals surface area contributed by atoms with Crippen LogP contribution in [0, 0.1) is 11.8 Å². The van der Waals surface area contributed by atoms with Crippen LogP contribution in [0.5, 0.6) is 5.75 Å². The minimum absolute atomic E-state index is 0.0191. The van der Waals surface area contributed by atoms with Gasteiger partial charge in [-0.05, 0) is 30.0 Å². The molecule has 1 N–H and O–H groups in total. The van der Waals surface area contributed by atoms with E-state index in [2.05, 4.69) is 5.32 Å². The summed E-state index contributed by atoms with van der Waals surface area (Å²) in [5.74, 6) is 0.516. The third kappa shape index (κ3) is 4.58. The summed E-state index contributed by atoms with van der Waals surface area (Å²) in [6.45, 7) is 8.06. The number of fused-ring (bicyclic) bond motifs is 1. The van der Waals surface area contributed by atoms with E-state index >= 15 is 0 Å². The molecule has 0 aliphatic carbocycles. The molecule has 8 heteroatoms. The summed E-state index contributed by atoms with van der Waals surface area (Å²) in [7, 11) is -3.57. The maximum absolute atomic E-state index is 12.7. The van der Waals surface area contributed by atoms with Crippen LogP contribution in [0.1, 0.15) is 27.7 Å². The van der Waals surface area contributed by atoms with Gasteiger partial charge >= 0.3 is 0 Å². The van der Waals surface area contributed by atoms with E-state index in [0.717, 1.165) is 6.26 Å². The number of hydrogen-bond donors (Lipinski definition) is 1. The number of carbonyl (C=O) groups is 1. The number of ether oxygens (including phenoxy) is 1. The number of halogens is 1. The second-order valence-electron chi connectivity index (χ2n) is 7.04. The normalized spacial score (nSPS) is 17.6. The SMILES string of the molecule is CC(C)C(NC(=O)C1CN(S(C)(=O)=O)c2cc(Cl)ccc2O1)C(C)C. The van der Waals surface area contributed by atoms with Crippen LogP contribution in [0.3, 0.4) is 0 Å². The predicted octanol–water partition coefficient (Wildman–Crippen LogP) is 2.66. The van der Waals surface area contributed by atoms with E-state index in [0.29, 0.717) is 16.5 Å². The Morgan fingerprint density at radius 3 is 2.40 bits per heavy atom. The number of nitrogens with one attached hydrogen (secondary N) is 1. The van der Waals surface area contributed by atoms with Crippen molar-refractivity contribution < 1.29 is 17.9 Å². The maximum atomic E-state index is 12.7. The first-order valence-corrected chi connectivity index (χ1v) is 10.5. The highest BCUT2D eigenvalue weighted by Gasteiger charge is 2.36. The molecule has 6 nitrogen and oxygen atoms in total. The van der Waals surface area contributed by atoms with Gasteiger partial charge < -0.3 is 10.1 Å². The van der Waals surface area contributed by atoms with Gasteiger partial charge in [0.1, 0.15) is 5.75 Å². The molecule has 0 spiro atoms. The molecule has 0 radical (unpaired) electrons. The van der Waals surface area contributed by atoms with Gasteiger partial charge in [-0.15, -0.1) is 0 Å². The second kappa shape index (κ2) is 7.41. The molecule has 1 aromatic rings. The van der Waals surface area contributed by atoms with Gasteiger partial charge in [0.05, 0.1) is 18.5 Å². The number of rotatable bonds is 5. The minimum Gasteiger partial charge on any atom is -0.476 e. The Morgan fingerprint density at radius 1 is 1.28 bits per heavy atom. The minimum atomic E-state index is -3.57. The van der Waals surface area contributed by atoms with Crippen LogP contribution in [0.15, 0.2) is 18.2 Å². The molecule has 1 atom stereocenters. The third-order valence-corrected chi connectivity index (χ3v) is 5.61. The lowest BCUT2D eigenvalue weighted by atomic mass is 9.93. The monoisotopic (exact) mass is 388 g/mol. The smallest absolute Gasteiger partial charge is 0.263 e. The van der Waals surface area contributed by atoms with Gasteiger partial charge in [0.2, 0.25) is 10.0 Å². The zero-order chi connectivity index (χ0) is 18.9. The summed E-state index contributed by atoms with van der Waals surface area (Å²) in [6.07, 6.45) is 0.187. The molecule has 1 aromatic carbocycles. The van der Waals surface area contributed by atoms with Crippen molar-refractivity contribution in [2.75, 3.05) is 17.1 Å². The molecule has 1 aliphatic rings. The molecular formula is C17H25ClN2O4S. The predicted molar refractivity (Wildman–Crippen MR) is 99.7 cm³/mol. The van der Waals surface area contributed by atoms with Gasteiger partial charge in [0.15, 0.2) is 6.10 Å². The van der Waals surface area contributed by atoms with Crippen molar-refractivity contribution in [1.82, 2.24) is 5.32 Å². The molecule has 0 aromatic heterocycles. The fourth-order valence-corrected chi connectivity index (χ4v) is 4.11. The molecule has 0 saturated carbocycles. The van der Waals surface area contributed by atoms with Gasteiger partial charge in [0.25, 0.3) is 5.91 Å². The molecule has 2 rings (SSSR count). The number of carbonyl (C=O) groups excluding carboxylic acids is 1. The fraction of sp³-hybridized carbons (Fsp3) is 0.588. The van der Waals surface area contributed by atoms with Gasteiger partial charge in [-0.3, -0.25) is 9.10 Å². The zero-order valence-corrected chi connectivity index (χ0v) is 16.7. The molecule has 25 heavy (non-hydrogen) atoms. The molecule has 0 fully saturated rings. The van der Waals surface area contributed by atoms with E-state index in [4.69, 9.17) is 16.3 Å². The fourth-order valence-electron chi connectivity index (χ4n) is 3.04. The Kier molecular flexibility index (Phi) is 5.89. The number of nitrogens with zero attached hydrogens (tertiary/aromatic N) is 1. The van der Waals surface area contributed by atoms with Gasteiger partial charge in [-0.1, -0.05) is 39.3 Å². The summed E-state index contributed by atoms with van der Waals surface area (Å²) in [6, 6.07) is 4.69. The van der Waals surface area contributed by atoms with Gasteiger partial charge in [-0.25, -0.2) is 8.42 Å². The Hall–Kier alpha value is -1.47. The molecule has 1 unspecified atom stereocenters. The third-order valence-electron chi connectivity index (χ3n) is 4.23. The summed E-state index contributed by atoms with van der Waals surface area (Å²) in [4.78, 5) is 12.7. The summed E-state index contributed by atoms with van der Waals surface area (Å²) in [5.41, 5.74) is 0.350. The lowest BCUT2D eigenvalue weighted by Crippen LogP contribution is -2.54. The van der Waals surface area contributed by atoms with Crippen LogP contribution in [-0.4, -0.2) is 39.3 Å². The van der Waals surface area contributed by atoms with Crippen molar-refractivity contribution >= 4 is 33.2 Å². The highest BCUT2D eigenvalue weighted by molar-refractivity contribution is 7.92. The Morgan fingerprint density at radius 2 is 1.88 bits per heavy atom. The van der Waals surface area contributed by atoms with Crippen molar-refractivity contribution in [2.24, 2.45) is 11.8 Å². The van der Waals surface area contributed by atoms with E-state index in [1.54, 1.807) is 12.1 Å². The van der Waals surface area contributed by atoms with Crippen molar-refractivity contribution in [3.05, 3.63) is 23.2 Å². The Bertz CT molecular complexity index is 741. The van der Waals surface area contributed by atoms with E-state index in [1.807, 2.05) is 27.7 Å². The molecule has 0 bridgehead atoms.